The summed E-state index contributed by atoms with van der Waals surface area (Å²) in [7, 11) is 0. The lowest BCUT2D eigenvalue weighted by Gasteiger charge is -2.14. The highest BCUT2D eigenvalue weighted by atomic mass is 79.9. The van der Waals surface area contributed by atoms with Crippen molar-refractivity contribution in [2.75, 3.05) is 6.61 Å². The number of benzene rings is 3. The molecule has 0 atom stereocenters. The van der Waals surface area contributed by atoms with Crippen molar-refractivity contribution in [3.63, 3.8) is 0 Å². The standard InChI is InChI=1S/C22H19BrClNO2/c1-2-26-21-13-17(14-25-19-6-4-3-5-7-19)12-20(23)22(21)27-15-16-8-10-18(24)11-9-16/h3-14H,2,15H2,1H3. The van der Waals surface area contributed by atoms with E-state index >= 15 is 0 Å². The second-order valence-corrected chi connectivity index (χ2v) is 7.06. The summed E-state index contributed by atoms with van der Waals surface area (Å²) >= 11 is 9.52. The average molecular weight is 445 g/mol. The summed E-state index contributed by atoms with van der Waals surface area (Å²) in [6.45, 7) is 2.91. The fourth-order valence-electron chi connectivity index (χ4n) is 2.46. The van der Waals surface area contributed by atoms with Gasteiger partial charge in [0, 0.05) is 11.2 Å². The summed E-state index contributed by atoms with van der Waals surface area (Å²) in [6.07, 6.45) is 1.81. The van der Waals surface area contributed by atoms with Gasteiger partial charge < -0.3 is 9.47 Å². The molecule has 3 rings (SSSR count). The summed E-state index contributed by atoms with van der Waals surface area (Å²) < 4.78 is 12.6. The Labute approximate surface area is 172 Å². The van der Waals surface area contributed by atoms with Crippen molar-refractivity contribution in [2.45, 2.75) is 13.5 Å². The lowest BCUT2D eigenvalue weighted by atomic mass is 10.2. The smallest absolute Gasteiger partial charge is 0.175 e. The van der Waals surface area contributed by atoms with Crippen LogP contribution in [-0.2, 0) is 6.61 Å². The van der Waals surface area contributed by atoms with Crippen molar-refractivity contribution in [1.29, 1.82) is 0 Å². The first kappa shape index (κ1) is 19.5. The highest BCUT2D eigenvalue weighted by molar-refractivity contribution is 9.10. The monoisotopic (exact) mass is 443 g/mol. The van der Waals surface area contributed by atoms with E-state index in [2.05, 4.69) is 20.9 Å². The van der Waals surface area contributed by atoms with Crippen LogP contribution in [0.3, 0.4) is 0 Å². The van der Waals surface area contributed by atoms with Crippen molar-refractivity contribution < 1.29 is 9.47 Å². The van der Waals surface area contributed by atoms with Crippen LogP contribution in [0.4, 0.5) is 5.69 Å². The van der Waals surface area contributed by atoms with Crippen LogP contribution >= 0.6 is 27.5 Å². The molecule has 0 aliphatic heterocycles. The summed E-state index contributed by atoms with van der Waals surface area (Å²) in [5.41, 5.74) is 2.85. The second kappa shape index (κ2) is 9.58. The number of nitrogens with zero attached hydrogens (tertiary/aromatic N) is 1. The lowest BCUT2D eigenvalue weighted by Crippen LogP contribution is -2.01. The Hall–Kier alpha value is -2.30. The first-order chi connectivity index (χ1) is 13.2. The van der Waals surface area contributed by atoms with Gasteiger partial charge in [0.15, 0.2) is 11.5 Å². The summed E-state index contributed by atoms with van der Waals surface area (Å²) in [6, 6.07) is 21.3. The van der Waals surface area contributed by atoms with Gasteiger partial charge in [-0.1, -0.05) is 41.9 Å². The van der Waals surface area contributed by atoms with Gasteiger partial charge in [0.05, 0.1) is 16.8 Å². The minimum absolute atomic E-state index is 0.424. The van der Waals surface area contributed by atoms with E-state index in [0.717, 1.165) is 21.3 Å². The molecular weight excluding hydrogens is 426 g/mol. The van der Waals surface area contributed by atoms with Gasteiger partial charge in [-0.05, 0) is 70.4 Å². The Morgan fingerprint density at radius 1 is 1.00 bits per heavy atom. The van der Waals surface area contributed by atoms with Crippen LogP contribution in [0.2, 0.25) is 5.02 Å². The molecule has 3 aromatic carbocycles. The maximum absolute atomic E-state index is 6.00. The third-order valence-electron chi connectivity index (χ3n) is 3.75. The van der Waals surface area contributed by atoms with Gasteiger partial charge in [0.25, 0.3) is 0 Å². The molecule has 0 aliphatic rings. The van der Waals surface area contributed by atoms with Crippen LogP contribution in [0.1, 0.15) is 18.1 Å². The molecule has 3 aromatic rings. The number of halogens is 2. The van der Waals surface area contributed by atoms with Crippen LogP contribution in [-0.4, -0.2) is 12.8 Å². The number of aliphatic imine (C=N–C) groups is 1. The summed E-state index contributed by atoms with van der Waals surface area (Å²) in [5, 5.41) is 0.706. The minimum Gasteiger partial charge on any atom is -0.490 e. The molecule has 0 N–H and O–H groups in total. The van der Waals surface area contributed by atoms with Crippen LogP contribution in [0.5, 0.6) is 11.5 Å². The minimum atomic E-state index is 0.424. The van der Waals surface area contributed by atoms with E-state index in [9.17, 15) is 0 Å². The summed E-state index contributed by atoms with van der Waals surface area (Å²) in [4.78, 5) is 4.50. The number of hydrogen-bond acceptors (Lipinski definition) is 3. The zero-order chi connectivity index (χ0) is 19.1. The molecular formula is C22H19BrClNO2. The number of ether oxygens (including phenoxy) is 2. The highest BCUT2D eigenvalue weighted by Crippen LogP contribution is 2.37. The maximum atomic E-state index is 6.00. The lowest BCUT2D eigenvalue weighted by molar-refractivity contribution is 0.267. The summed E-state index contributed by atoms with van der Waals surface area (Å²) in [5.74, 6) is 1.35. The molecule has 0 saturated carbocycles. The van der Waals surface area contributed by atoms with Crippen molar-refractivity contribution >= 4 is 39.4 Å². The normalized spacial score (nSPS) is 10.9. The van der Waals surface area contributed by atoms with Crippen LogP contribution in [0.25, 0.3) is 0 Å². The predicted molar refractivity (Wildman–Crippen MR) is 115 cm³/mol. The number of hydrogen-bond donors (Lipinski definition) is 0. The van der Waals surface area contributed by atoms with Crippen molar-refractivity contribution in [3.8, 4) is 11.5 Å². The van der Waals surface area contributed by atoms with Gasteiger partial charge in [0.1, 0.15) is 6.61 Å². The van der Waals surface area contributed by atoms with E-state index in [1.54, 1.807) is 0 Å². The molecule has 0 radical (unpaired) electrons. The Morgan fingerprint density at radius 2 is 1.74 bits per heavy atom. The zero-order valence-corrected chi connectivity index (χ0v) is 17.2. The van der Waals surface area contributed by atoms with Crippen molar-refractivity contribution in [1.82, 2.24) is 0 Å². The molecule has 5 heteroatoms. The second-order valence-electron chi connectivity index (χ2n) is 5.77. The van der Waals surface area contributed by atoms with Gasteiger partial charge in [-0.15, -0.1) is 0 Å². The first-order valence-corrected chi connectivity index (χ1v) is 9.75. The third-order valence-corrected chi connectivity index (χ3v) is 4.59. The van der Waals surface area contributed by atoms with Crippen molar-refractivity contribution in [3.05, 3.63) is 87.4 Å². The van der Waals surface area contributed by atoms with Crippen molar-refractivity contribution in [2.24, 2.45) is 4.99 Å². The third kappa shape index (κ3) is 5.59. The van der Waals surface area contributed by atoms with E-state index in [0.29, 0.717) is 29.7 Å². The SMILES string of the molecule is CCOc1cc(C=Nc2ccccc2)cc(Br)c1OCc1ccc(Cl)cc1. The fraction of sp³-hybridized carbons (Fsp3) is 0.136. The molecule has 0 aromatic heterocycles. The van der Waals surface area contributed by atoms with E-state index in [1.165, 1.54) is 0 Å². The zero-order valence-electron chi connectivity index (χ0n) is 14.9. The molecule has 27 heavy (non-hydrogen) atoms. The molecule has 3 nitrogen and oxygen atoms in total. The maximum Gasteiger partial charge on any atom is 0.175 e. The quantitative estimate of drug-likeness (QED) is 0.374. The van der Waals surface area contributed by atoms with Crippen LogP contribution < -0.4 is 9.47 Å². The van der Waals surface area contributed by atoms with Gasteiger partial charge in [0.2, 0.25) is 0 Å². The molecule has 0 heterocycles. The van der Waals surface area contributed by atoms with Crippen LogP contribution in [0.15, 0.2) is 76.2 Å². The van der Waals surface area contributed by atoms with Gasteiger partial charge >= 0.3 is 0 Å². The number of para-hydroxylation sites is 1. The fourth-order valence-corrected chi connectivity index (χ4v) is 3.16. The largest absolute Gasteiger partial charge is 0.490 e. The highest BCUT2D eigenvalue weighted by Gasteiger charge is 2.12. The Kier molecular flexibility index (Phi) is 6.91. The Morgan fingerprint density at radius 3 is 2.44 bits per heavy atom. The molecule has 0 unspecified atom stereocenters. The average Bonchev–Trinajstić information content (AvgIpc) is 2.68. The van der Waals surface area contributed by atoms with E-state index in [-0.39, 0.29) is 0 Å². The molecule has 0 fully saturated rings. The predicted octanol–water partition coefficient (Wildman–Crippen LogP) is 6.83. The molecule has 0 aliphatic carbocycles. The molecule has 0 amide bonds. The molecule has 138 valence electrons. The topological polar surface area (TPSA) is 30.8 Å². The first-order valence-electron chi connectivity index (χ1n) is 8.58. The number of rotatable bonds is 7. The molecule has 0 saturated heterocycles. The van der Waals surface area contributed by atoms with Gasteiger partial charge in [-0.3, -0.25) is 4.99 Å². The Bertz CT molecular complexity index is 912. The van der Waals surface area contributed by atoms with E-state index in [1.807, 2.05) is 79.9 Å². The van der Waals surface area contributed by atoms with E-state index in [4.69, 9.17) is 21.1 Å². The van der Waals surface area contributed by atoms with E-state index < -0.39 is 0 Å². The molecule has 0 spiro atoms. The molecule has 0 bridgehead atoms. The van der Waals surface area contributed by atoms with Gasteiger partial charge in [-0.2, -0.15) is 0 Å². The van der Waals surface area contributed by atoms with Gasteiger partial charge in [-0.25, -0.2) is 0 Å². The van der Waals surface area contributed by atoms with Crippen LogP contribution in [0, 0.1) is 0 Å². The Balaban J connectivity index is 1.81.